The van der Waals surface area contributed by atoms with Crippen LogP contribution in [0.1, 0.15) is 18.3 Å². The Hall–Kier alpha value is -1.72. The third-order valence-electron chi connectivity index (χ3n) is 4.10. The molecule has 1 aliphatic heterocycles. The third kappa shape index (κ3) is 3.46. The Morgan fingerprint density at radius 2 is 2.09 bits per heavy atom. The van der Waals surface area contributed by atoms with Crippen LogP contribution >= 0.6 is 24.0 Å². The summed E-state index contributed by atoms with van der Waals surface area (Å²) in [4.78, 5) is 20.6. The van der Waals surface area contributed by atoms with Gasteiger partial charge in [-0.2, -0.15) is 0 Å². The number of carbonyl (C=O) groups excluding carboxylic acids is 1. The van der Waals surface area contributed by atoms with Crippen LogP contribution in [0.25, 0.3) is 0 Å². The fourth-order valence-corrected chi connectivity index (χ4v) is 2.94. The molecule has 124 valence electrons. The van der Waals surface area contributed by atoms with E-state index in [9.17, 15) is 4.79 Å². The van der Waals surface area contributed by atoms with E-state index in [0.717, 1.165) is 23.6 Å². The second-order valence-electron chi connectivity index (χ2n) is 5.40. The minimum atomic E-state index is 0. The largest absolute Gasteiger partial charge is 0.335 e. The number of hydrogen-bond acceptors (Lipinski definition) is 2. The van der Waals surface area contributed by atoms with Gasteiger partial charge < -0.3 is 9.47 Å². The van der Waals surface area contributed by atoms with Gasteiger partial charge in [0.05, 0.1) is 18.6 Å². The summed E-state index contributed by atoms with van der Waals surface area (Å²) in [6.07, 6.45) is 1.83. The molecule has 0 spiro atoms. The molecule has 0 saturated carbocycles. The van der Waals surface area contributed by atoms with Crippen LogP contribution in [-0.2, 0) is 13.1 Å². The molecule has 0 unspecified atom stereocenters. The summed E-state index contributed by atoms with van der Waals surface area (Å²) < 4.78 is 2.09. The van der Waals surface area contributed by atoms with Gasteiger partial charge in [-0.05, 0) is 32.0 Å². The molecule has 3 rings (SSSR count). The number of imidazole rings is 1. The maximum absolute atomic E-state index is 12.6. The molecule has 0 N–H and O–H groups in total. The van der Waals surface area contributed by atoms with E-state index in [-0.39, 0.29) is 18.4 Å². The molecule has 1 saturated heterocycles. The van der Waals surface area contributed by atoms with E-state index < -0.39 is 0 Å². The van der Waals surface area contributed by atoms with Gasteiger partial charge in [-0.15, -0.1) is 12.4 Å². The van der Waals surface area contributed by atoms with Gasteiger partial charge in [0.25, 0.3) is 0 Å². The number of halogens is 2. The first kappa shape index (κ1) is 17.6. The number of urea groups is 1. The number of benzene rings is 1. The average molecular weight is 355 g/mol. The van der Waals surface area contributed by atoms with Gasteiger partial charge in [0.2, 0.25) is 0 Å². The molecular weight excluding hydrogens is 335 g/mol. The molecule has 1 fully saturated rings. The smallest absolute Gasteiger partial charge is 0.324 e. The molecule has 0 radical (unpaired) electrons. The summed E-state index contributed by atoms with van der Waals surface area (Å²) in [6.45, 7) is 6.94. The molecule has 0 atom stereocenters. The highest BCUT2D eigenvalue weighted by molar-refractivity contribution is 6.30. The summed E-state index contributed by atoms with van der Waals surface area (Å²) in [5.41, 5.74) is 2.93. The summed E-state index contributed by atoms with van der Waals surface area (Å²) in [6, 6.07) is 7.41. The minimum absolute atomic E-state index is 0. The maximum atomic E-state index is 12.6. The van der Waals surface area contributed by atoms with Gasteiger partial charge in [0, 0.05) is 36.0 Å². The van der Waals surface area contributed by atoms with Crippen LogP contribution in [0.2, 0.25) is 5.02 Å². The molecule has 1 aromatic carbocycles. The standard InChI is InChI=1S/C16H19ClN4O.ClH/c1-3-19-11-18-15(12(19)2)10-20-7-8-21(16(20)22)14-6-4-5-13(17)9-14;/h4-6,9,11H,3,7-8,10H2,1-2H3;1H. The maximum Gasteiger partial charge on any atom is 0.324 e. The second-order valence-corrected chi connectivity index (χ2v) is 5.83. The summed E-state index contributed by atoms with van der Waals surface area (Å²) in [5, 5.41) is 0.640. The van der Waals surface area contributed by atoms with Gasteiger partial charge in [-0.1, -0.05) is 17.7 Å². The molecule has 2 heterocycles. The van der Waals surface area contributed by atoms with Crippen molar-refractivity contribution in [2.75, 3.05) is 18.0 Å². The summed E-state index contributed by atoms with van der Waals surface area (Å²) in [5.74, 6) is 0. The van der Waals surface area contributed by atoms with Gasteiger partial charge >= 0.3 is 6.03 Å². The number of hydrogen-bond donors (Lipinski definition) is 0. The highest BCUT2D eigenvalue weighted by Gasteiger charge is 2.30. The van der Waals surface area contributed by atoms with Crippen LogP contribution < -0.4 is 4.90 Å². The number of rotatable bonds is 4. The molecular formula is C16H20Cl2N4O. The van der Waals surface area contributed by atoms with Crippen LogP contribution in [0.4, 0.5) is 10.5 Å². The van der Waals surface area contributed by atoms with E-state index in [1.165, 1.54) is 0 Å². The minimum Gasteiger partial charge on any atom is -0.335 e. The Kier molecular flexibility index (Phi) is 5.55. The summed E-state index contributed by atoms with van der Waals surface area (Å²) >= 11 is 6.01. The Labute approximate surface area is 147 Å². The molecule has 1 aromatic heterocycles. The number of amides is 2. The zero-order valence-electron chi connectivity index (χ0n) is 13.2. The second kappa shape index (κ2) is 7.23. The fourth-order valence-electron chi connectivity index (χ4n) is 2.75. The third-order valence-corrected chi connectivity index (χ3v) is 4.33. The van der Waals surface area contributed by atoms with Gasteiger partial charge in [-0.3, -0.25) is 4.90 Å². The molecule has 23 heavy (non-hydrogen) atoms. The lowest BCUT2D eigenvalue weighted by Crippen LogP contribution is -2.31. The van der Waals surface area contributed by atoms with Crippen molar-refractivity contribution in [1.82, 2.24) is 14.5 Å². The molecule has 0 aliphatic carbocycles. The van der Waals surface area contributed by atoms with Gasteiger partial charge in [0.15, 0.2) is 0 Å². The van der Waals surface area contributed by atoms with Crippen molar-refractivity contribution in [3.8, 4) is 0 Å². The van der Waals surface area contributed by atoms with Crippen molar-refractivity contribution in [2.24, 2.45) is 0 Å². The van der Waals surface area contributed by atoms with E-state index in [0.29, 0.717) is 24.7 Å². The molecule has 1 aliphatic rings. The quantitative estimate of drug-likeness (QED) is 0.839. The molecule has 0 bridgehead atoms. The van der Waals surface area contributed by atoms with Crippen LogP contribution in [0.15, 0.2) is 30.6 Å². The lowest BCUT2D eigenvalue weighted by atomic mass is 10.3. The van der Waals surface area contributed by atoms with E-state index in [4.69, 9.17) is 11.6 Å². The zero-order chi connectivity index (χ0) is 15.7. The van der Waals surface area contributed by atoms with Crippen molar-refractivity contribution in [2.45, 2.75) is 26.9 Å². The Bertz CT molecular complexity index is 701. The van der Waals surface area contributed by atoms with Crippen molar-refractivity contribution in [3.63, 3.8) is 0 Å². The van der Waals surface area contributed by atoms with Crippen LogP contribution in [0.3, 0.4) is 0 Å². The van der Waals surface area contributed by atoms with E-state index in [1.807, 2.05) is 42.4 Å². The normalized spacial score (nSPS) is 14.3. The number of aromatic nitrogens is 2. The lowest BCUT2D eigenvalue weighted by Gasteiger charge is -2.18. The molecule has 2 aromatic rings. The number of anilines is 1. The van der Waals surface area contributed by atoms with E-state index in [2.05, 4.69) is 16.5 Å². The topological polar surface area (TPSA) is 41.4 Å². The van der Waals surface area contributed by atoms with Crippen LogP contribution in [0, 0.1) is 6.92 Å². The first-order valence-corrected chi connectivity index (χ1v) is 7.80. The van der Waals surface area contributed by atoms with Crippen LogP contribution in [-0.4, -0.2) is 33.6 Å². The first-order chi connectivity index (χ1) is 10.6. The predicted octanol–water partition coefficient (Wildman–Crippen LogP) is 3.73. The van der Waals surface area contributed by atoms with Gasteiger partial charge in [0.1, 0.15) is 0 Å². The lowest BCUT2D eigenvalue weighted by molar-refractivity contribution is 0.218. The Morgan fingerprint density at radius 1 is 1.30 bits per heavy atom. The SMILES string of the molecule is CCn1cnc(CN2CCN(c3cccc(Cl)c3)C2=O)c1C.Cl. The number of carbonyl (C=O) groups is 1. The number of aryl methyl sites for hydroxylation is 1. The fraction of sp³-hybridized carbons (Fsp3) is 0.375. The van der Waals surface area contributed by atoms with Crippen molar-refractivity contribution < 1.29 is 4.79 Å². The Morgan fingerprint density at radius 3 is 2.74 bits per heavy atom. The molecule has 2 amide bonds. The van der Waals surface area contributed by atoms with E-state index in [1.54, 1.807) is 4.90 Å². The molecule has 7 heteroatoms. The summed E-state index contributed by atoms with van der Waals surface area (Å²) in [7, 11) is 0. The van der Waals surface area contributed by atoms with Gasteiger partial charge in [-0.25, -0.2) is 9.78 Å². The monoisotopic (exact) mass is 354 g/mol. The van der Waals surface area contributed by atoms with Crippen LogP contribution in [0.5, 0.6) is 0 Å². The van der Waals surface area contributed by atoms with Crippen molar-refractivity contribution in [3.05, 3.63) is 47.0 Å². The predicted molar refractivity (Wildman–Crippen MR) is 94.5 cm³/mol. The first-order valence-electron chi connectivity index (χ1n) is 7.42. The van der Waals surface area contributed by atoms with Crippen molar-refractivity contribution in [1.29, 1.82) is 0 Å². The zero-order valence-corrected chi connectivity index (χ0v) is 14.8. The Balaban J connectivity index is 0.00000192. The molecule has 5 nitrogen and oxygen atoms in total. The highest BCUT2D eigenvalue weighted by Crippen LogP contribution is 2.24. The number of nitrogens with zero attached hydrogens (tertiary/aromatic N) is 4. The van der Waals surface area contributed by atoms with Crippen molar-refractivity contribution >= 4 is 35.7 Å². The van der Waals surface area contributed by atoms with E-state index >= 15 is 0 Å². The average Bonchev–Trinajstić information content (AvgIpc) is 3.04. The highest BCUT2D eigenvalue weighted by atomic mass is 35.5.